The van der Waals surface area contributed by atoms with E-state index in [0.717, 1.165) is 30.0 Å². The monoisotopic (exact) mass is 631 g/mol. The molecule has 3 aromatic carbocycles. The van der Waals surface area contributed by atoms with Crippen LogP contribution in [0.25, 0.3) is 0 Å². The first-order valence-electron chi connectivity index (χ1n) is 14.0. The Morgan fingerprint density at radius 1 is 1.02 bits per heavy atom. The summed E-state index contributed by atoms with van der Waals surface area (Å²) in [5, 5.41) is 11.0. The van der Waals surface area contributed by atoms with E-state index in [-0.39, 0.29) is 35.5 Å². The normalized spacial score (nSPS) is 23.5. The Morgan fingerprint density at radius 2 is 1.71 bits per heavy atom. The van der Waals surface area contributed by atoms with Gasteiger partial charge in [-0.05, 0) is 85.2 Å². The van der Waals surface area contributed by atoms with Crippen LogP contribution in [0.15, 0.2) is 77.7 Å². The first-order valence-corrected chi connectivity index (χ1v) is 16.4. The van der Waals surface area contributed by atoms with Gasteiger partial charge in [-0.15, -0.1) is 0 Å². The molecule has 4 atom stereocenters. The first-order chi connectivity index (χ1) is 19.9. The molecule has 1 amide bonds. The average molecular weight is 633 g/mol. The van der Waals surface area contributed by atoms with Crippen molar-refractivity contribution in [2.75, 3.05) is 5.75 Å². The highest BCUT2D eigenvalue weighted by Crippen LogP contribution is 2.55. The second-order valence-electron chi connectivity index (χ2n) is 11.4. The molecule has 2 aliphatic rings. The largest absolute Gasteiger partial charge is 0.481 e. The molecule has 1 aliphatic heterocycles. The Bertz CT molecular complexity index is 1590. The van der Waals surface area contributed by atoms with Crippen molar-refractivity contribution in [3.05, 3.63) is 99.8 Å². The van der Waals surface area contributed by atoms with Crippen molar-refractivity contribution in [1.29, 1.82) is 0 Å². The smallest absolute Gasteiger partial charge is 0.304 e. The van der Waals surface area contributed by atoms with Gasteiger partial charge in [0.25, 0.3) is 0 Å². The number of carboxylic acid groups (broad SMARTS) is 1. The summed E-state index contributed by atoms with van der Waals surface area (Å²) in [6.45, 7) is 1.80. The molecular formula is C32H32Cl2FNO5S. The van der Waals surface area contributed by atoms with Crippen LogP contribution >= 0.6 is 23.2 Å². The topological polar surface area (TPSA) is 91.8 Å². The number of piperidine rings is 1. The molecule has 1 aliphatic carbocycles. The molecule has 0 spiro atoms. The average Bonchev–Trinajstić information content (AvgIpc) is 3.79. The molecule has 2 fully saturated rings. The third-order valence-corrected chi connectivity index (χ3v) is 10.9. The van der Waals surface area contributed by atoms with Crippen molar-refractivity contribution in [1.82, 2.24) is 4.90 Å². The Labute approximate surface area is 255 Å². The molecule has 1 saturated carbocycles. The van der Waals surface area contributed by atoms with Crippen molar-refractivity contribution < 1.29 is 27.5 Å². The van der Waals surface area contributed by atoms with Crippen LogP contribution in [0, 0.1) is 17.2 Å². The van der Waals surface area contributed by atoms with E-state index in [4.69, 9.17) is 23.2 Å². The molecule has 10 heteroatoms. The maximum absolute atomic E-state index is 14.7. The molecule has 42 heavy (non-hydrogen) atoms. The number of halogens is 3. The Kier molecular flexibility index (Phi) is 8.70. The molecule has 222 valence electrons. The van der Waals surface area contributed by atoms with Crippen LogP contribution < -0.4 is 0 Å². The molecular weight excluding hydrogens is 600 g/mol. The predicted octanol–water partition coefficient (Wildman–Crippen LogP) is 7.31. The lowest BCUT2D eigenvalue weighted by molar-refractivity contribution is -0.162. The van der Waals surface area contributed by atoms with E-state index < -0.39 is 51.3 Å². The first kappa shape index (κ1) is 30.5. The van der Waals surface area contributed by atoms with Gasteiger partial charge in [-0.25, -0.2) is 12.8 Å². The van der Waals surface area contributed by atoms with Crippen LogP contribution in [0.2, 0.25) is 10.0 Å². The lowest BCUT2D eigenvalue weighted by Crippen LogP contribution is -2.58. The molecule has 1 saturated heterocycles. The van der Waals surface area contributed by atoms with Gasteiger partial charge in [0.05, 0.1) is 28.5 Å². The van der Waals surface area contributed by atoms with Crippen LogP contribution in [-0.2, 0) is 19.4 Å². The van der Waals surface area contributed by atoms with Crippen LogP contribution in [0.3, 0.4) is 0 Å². The van der Waals surface area contributed by atoms with Gasteiger partial charge >= 0.3 is 5.97 Å². The fourth-order valence-corrected chi connectivity index (χ4v) is 8.40. The highest BCUT2D eigenvalue weighted by molar-refractivity contribution is 7.91. The predicted molar refractivity (Wildman–Crippen MR) is 160 cm³/mol. The zero-order valence-corrected chi connectivity index (χ0v) is 25.4. The van der Waals surface area contributed by atoms with Crippen molar-refractivity contribution >= 4 is 44.9 Å². The summed E-state index contributed by atoms with van der Waals surface area (Å²) in [7, 11) is -4.02. The van der Waals surface area contributed by atoms with Gasteiger partial charge in [-0.1, -0.05) is 60.5 Å². The van der Waals surface area contributed by atoms with E-state index in [9.17, 15) is 27.5 Å². The Morgan fingerprint density at radius 3 is 2.31 bits per heavy atom. The number of sulfone groups is 1. The number of amides is 1. The summed E-state index contributed by atoms with van der Waals surface area (Å²) in [4.78, 5) is 28.4. The van der Waals surface area contributed by atoms with Crippen molar-refractivity contribution in [3.8, 4) is 0 Å². The lowest BCUT2D eigenvalue weighted by Gasteiger charge is -2.53. The number of aliphatic carboxylic acids is 1. The van der Waals surface area contributed by atoms with Gasteiger partial charge in [0.15, 0.2) is 9.84 Å². The van der Waals surface area contributed by atoms with Gasteiger partial charge in [0.1, 0.15) is 5.82 Å². The maximum Gasteiger partial charge on any atom is 0.304 e. The highest BCUT2D eigenvalue weighted by Gasteiger charge is 2.56. The van der Waals surface area contributed by atoms with Crippen molar-refractivity contribution in [3.63, 3.8) is 0 Å². The number of rotatable bonds is 10. The van der Waals surface area contributed by atoms with Gasteiger partial charge in [-0.2, -0.15) is 0 Å². The summed E-state index contributed by atoms with van der Waals surface area (Å²) < 4.78 is 41.5. The van der Waals surface area contributed by atoms with E-state index in [1.807, 2.05) is 30.3 Å². The number of carboxylic acids is 1. The van der Waals surface area contributed by atoms with E-state index in [0.29, 0.717) is 10.0 Å². The van der Waals surface area contributed by atoms with E-state index in [2.05, 4.69) is 0 Å². The molecule has 0 unspecified atom stereocenters. The number of likely N-dealkylation sites (tertiary alicyclic amines) is 1. The Hall–Kier alpha value is -2.94. The quantitative estimate of drug-likeness (QED) is 0.253. The van der Waals surface area contributed by atoms with Crippen LogP contribution in [0.5, 0.6) is 0 Å². The number of nitrogens with zero attached hydrogens (tertiary/aromatic N) is 1. The SMILES string of the molecule is CC[C@@]1(CC(=O)O)C[C@H](c2cccc(Cl)c2)[C@@H](c2ccc(Cl)cc2)N([C@H](CS(=O)(=O)c2cccc(F)c2)C2CC2)C1=O. The van der Waals surface area contributed by atoms with E-state index in [1.165, 1.54) is 18.2 Å². The number of hydrogen-bond acceptors (Lipinski definition) is 4. The Balaban J connectivity index is 1.71. The molecule has 0 aromatic heterocycles. The standard InChI is InChI=1S/C32H32Cl2FNO5S/c1-2-32(18-29(37)38)17-27(22-5-3-6-24(34)15-22)30(21-11-13-23(33)14-12-21)36(31(32)39)28(20-9-10-20)19-42(40,41)26-8-4-7-25(35)16-26/h3-8,11-16,20,27-28,30H,2,9-10,17-19H2,1H3,(H,37,38)/t27-,28-,30-,32+/m1/s1. The second kappa shape index (κ2) is 12.0. The molecule has 3 aromatic rings. The van der Waals surface area contributed by atoms with Crippen LogP contribution in [-0.4, -0.2) is 42.1 Å². The van der Waals surface area contributed by atoms with Gasteiger partial charge in [0.2, 0.25) is 5.91 Å². The number of carbonyl (C=O) groups excluding carboxylic acids is 1. The molecule has 5 rings (SSSR count). The fraction of sp³-hybridized carbons (Fsp3) is 0.375. The zero-order chi connectivity index (χ0) is 30.2. The third-order valence-electron chi connectivity index (χ3n) is 8.70. The van der Waals surface area contributed by atoms with E-state index in [1.54, 1.807) is 30.0 Å². The third kappa shape index (κ3) is 6.21. The summed E-state index contributed by atoms with van der Waals surface area (Å²) in [5.74, 6) is -3.05. The summed E-state index contributed by atoms with van der Waals surface area (Å²) in [5.41, 5.74) is 0.314. The maximum atomic E-state index is 14.7. The minimum Gasteiger partial charge on any atom is -0.481 e. The minimum absolute atomic E-state index is 0.107. The highest BCUT2D eigenvalue weighted by atomic mass is 35.5. The van der Waals surface area contributed by atoms with Crippen LogP contribution in [0.4, 0.5) is 4.39 Å². The zero-order valence-electron chi connectivity index (χ0n) is 23.0. The molecule has 0 bridgehead atoms. The summed E-state index contributed by atoms with van der Waals surface area (Å²) >= 11 is 12.7. The number of carbonyl (C=O) groups is 2. The van der Waals surface area contributed by atoms with Crippen molar-refractivity contribution in [2.24, 2.45) is 11.3 Å². The number of benzene rings is 3. The van der Waals surface area contributed by atoms with E-state index >= 15 is 0 Å². The second-order valence-corrected chi connectivity index (χ2v) is 14.3. The van der Waals surface area contributed by atoms with Gasteiger partial charge in [-0.3, -0.25) is 9.59 Å². The molecule has 1 heterocycles. The summed E-state index contributed by atoms with van der Waals surface area (Å²) in [6.07, 6.45) is 1.55. The minimum atomic E-state index is -4.02. The van der Waals surface area contributed by atoms with Gasteiger partial charge in [0, 0.05) is 22.0 Å². The fourth-order valence-electron chi connectivity index (χ4n) is 6.42. The molecule has 6 nitrogen and oxygen atoms in total. The van der Waals surface area contributed by atoms with Crippen molar-refractivity contribution in [2.45, 2.75) is 61.9 Å². The van der Waals surface area contributed by atoms with Crippen LogP contribution in [0.1, 0.15) is 62.1 Å². The molecule has 1 N–H and O–H groups in total. The summed E-state index contributed by atoms with van der Waals surface area (Å²) in [6, 6.07) is 17.9. The lowest BCUT2D eigenvalue weighted by atomic mass is 9.65. The van der Waals surface area contributed by atoms with Gasteiger partial charge < -0.3 is 10.0 Å². The molecule has 0 radical (unpaired) electrons. The number of hydrogen-bond donors (Lipinski definition) is 1.